The van der Waals surface area contributed by atoms with Crippen molar-refractivity contribution in [3.05, 3.63) is 0 Å². The maximum absolute atomic E-state index is 10.6. The number of aliphatic hydroxyl groups excluding tert-OH is 7. The van der Waals surface area contributed by atoms with Gasteiger partial charge in [0.25, 0.3) is 0 Å². The Morgan fingerprint density at radius 1 is 0.778 bits per heavy atom. The average Bonchev–Trinajstić information content (AvgIpc) is 2.63. The van der Waals surface area contributed by atoms with Gasteiger partial charge in [-0.15, -0.1) is 0 Å². The number of carbonyl (C=O) groups is 1. The highest BCUT2D eigenvalue weighted by molar-refractivity contribution is 5.65. The lowest BCUT2D eigenvalue weighted by Gasteiger charge is -2.45. The molecule has 2 aliphatic rings. The minimum absolute atomic E-state index is 0.267. The van der Waals surface area contributed by atoms with Crippen LogP contribution in [0.4, 0.5) is 0 Å². The Bertz CT molecular complexity index is 487. The van der Waals surface area contributed by atoms with Crippen LogP contribution in [0, 0.1) is 0 Å². The molecule has 0 unspecified atom stereocenters. The Labute approximate surface area is 154 Å². The normalized spacial score (nSPS) is 45.6. The molecule has 12 heteroatoms. The molecule has 7 N–H and O–H groups in total. The topological polar surface area (TPSA) is 209 Å². The van der Waals surface area contributed by atoms with Crippen LogP contribution in [-0.2, 0) is 19.0 Å². The molecular weight excluding hydrogens is 372 g/mol. The van der Waals surface area contributed by atoms with Gasteiger partial charge in [-0.1, -0.05) is 0 Å². The number of carbonyl (C=O) groups excluding carboxylic acids is 1. The molecule has 0 aromatic rings. The van der Waals surface area contributed by atoms with Crippen LogP contribution in [0.3, 0.4) is 0 Å². The van der Waals surface area contributed by atoms with Crippen LogP contribution in [0.5, 0.6) is 0 Å². The first-order chi connectivity index (χ1) is 12.7. The number of rotatable bonds is 7. The van der Waals surface area contributed by atoms with Crippen molar-refractivity contribution in [3.8, 4) is 0 Å². The lowest BCUT2D eigenvalue weighted by atomic mass is 9.87. The summed E-state index contributed by atoms with van der Waals surface area (Å²) in [6.45, 7) is -2.21. The van der Waals surface area contributed by atoms with Gasteiger partial charge in [-0.2, -0.15) is 0 Å². The van der Waals surface area contributed by atoms with Crippen molar-refractivity contribution in [3.63, 3.8) is 0 Å². The Balaban J connectivity index is 2.12. The van der Waals surface area contributed by atoms with Gasteiger partial charge in [-0.3, -0.25) is 0 Å². The van der Waals surface area contributed by atoms with Crippen molar-refractivity contribution in [2.24, 2.45) is 0 Å². The Hall–Kier alpha value is -0.930. The van der Waals surface area contributed by atoms with Crippen LogP contribution in [0.15, 0.2) is 0 Å². The molecule has 0 radical (unpaired) electrons. The van der Waals surface area contributed by atoms with E-state index in [1.54, 1.807) is 0 Å². The summed E-state index contributed by atoms with van der Waals surface area (Å²) in [5.74, 6) is -1.58. The zero-order chi connectivity index (χ0) is 20.3. The summed E-state index contributed by atoms with van der Waals surface area (Å²) in [6, 6.07) is 0. The second-order valence-corrected chi connectivity index (χ2v) is 6.63. The first-order valence-electron chi connectivity index (χ1n) is 8.45. The minimum Gasteiger partial charge on any atom is -0.548 e. The number of hydrogen-bond acceptors (Lipinski definition) is 12. The van der Waals surface area contributed by atoms with Gasteiger partial charge in [0.15, 0.2) is 0 Å². The summed E-state index contributed by atoms with van der Waals surface area (Å²) in [5.41, 5.74) is 0. The number of ether oxygens (including phenoxy) is 3. The predicted molar refractivity (Wildman–Crippen MR) is 80.9 cm³/mol. The molecule has 2 saturated heterocycles. The maximum atomic E-state index is 10.6. The Kier molecular flexibility index (Phi) is 7.88. The number of aliphatic hydroxyl groups is 7. The molecule has 12 nitrogen and oxygen atoms in total. The van der Waals surface area contributed by atoms with Crippen LogP contribution >= 0.6 is 0 Å². The van der Waals surface area contributed by atoms with E-state index in [0.29, 0.717) is 0 Å². The number of carboxylic acid groups (broad SMARTS) is 1. The van der Waals surface area contributed by atoms with E-state index in [2.05, 4.69) is 0 Å². The van der Waals surface area contributed by atoms with Gasteiger partial charge >= 0.3 is 0 Å². The predicted octanol–water partition coefficient (Wildman–Crippen LogP) is -6.16. The summed E-state index contributed by atoms with van der Waals surface area (Å²) < 4.78 is 15.7. The Morgan fingerprint density at radius 3 is 1.74 bits per heavy atom. The van der Waals surface area contributed by atoms with E-state index in [-0.39, 0.29) is 6.42 Å². The van der Waals surface area contributed by atoms with Gasteiger partial charge in [0, 0.05) is 6.42 Å². The standard InChI is InChI=1S/C15H26O12/c16-2-7-11(21)14(24)10(20)5(26-7)1-6-12(22)15(25-4-9(18)19)13(23)8(3-17)27-6/h5-8,10-17,20-24H,1-4H2,(H,18,19)/p-1/t5-,6+,7-,8-,10-,11-,12+,13+,14-,15-/m1/s1. The van der Waals surface area contributed by atoms with E-state index >= 15 is 0 Å². The van der Waals surface area contributed by atoms with Crippen LogP contribution < -0.4 is 5.11 Å². The van der Waals surface area contributed by atoms with Crippen molar-refractivity contribution in [2.75, 3.05) is 19.8 Å². The number of carboxylic acids is 1. The molecule has 158 valence electrons. The van der Waals surface area contributed by atoms with Crippen LogP contribution in [0.25, 0.3) is 0 Å². The summed E-state index contributed by atoms with van der Waals surface area (Å²) in [4.78, 5) is 10.6. The molecule has 0 spiro atoms. The molecule has 2 fully saturated rings. The third kappa shape index (κ3) is 4.92. The fourth-order valence-electron chi connectivity index (χ4n) is 3.32. The second-order valence-electron chi connectivity index (χ2n) is 6.63. The van der Waals surface area contributed by atoms with Gasteiger partial charge in [-0.25, -0.2) is 0 Å². The highest BCUT2D eigenvalue weighted by Gasteiger charge is 2.49. The molecule has 0 amide bonds. The molecular formula is C15H25O12-. The van der Waals surface area contributed by atoms with Crippen LogP contribution in [0.1, 0.15) is 6.42 Å². The fourth-order valence-corrected chi connectivity index (χ4v) is 3.32. The fraction of sp³-hybridized carbons (Fsp3) is 0.933. The molecule has 0 aromatic carbocycles. The molecule has 2 aliphatic heterocycles. The van der Waals surface area contributed by atoms with Gasteiger partial charge in [0.1, 0.15) is 48.8 Å². The lowest BCUT2D eigenvalue weighted by Crippen LogP contribution is -2.63. The first-order valence-corrected chi connectivity index (χ1v) is 8.45. The third-order valence-corrected chi connectivity index (χ3v) is 4.81. The summed E-state index contributed by atoms with van der Waals surface area (Å²) in [7, 11) is 0. The largest absolute Gasteiger partial charge is 0.548 e. The van der Waals surface area contributed by atoms with E-state index in [1.807, 2.05) is 0 Å². The first kappa shape index (κ1) is 22.4. The SMILES string of the molecule is O=C([O-])CO[C@@H]1[C@@H](O)[C@H](C[C@H]2O[C@H](CO)[C@@H](O)[C@H](O)[C@@H]2O)O[C@H](CO)[C@@H]1O. The molecule has 0 bridgehead atoms. The molecule has 2 heterocycles. The van der Waals surface area contributed by atoms with Gasteiger partial charge in [-0.05, 0) is 0 Å². The molecule has 10 atom stereocenters. The van der Waals surface area contributed by atoms with Gasteiger partial charge in [0.05, 0.1) is 38.0 Å². The molecule has 2 rings (SSSR count). The second kappa shape index (κ2) is 9.52. The van der Waals surface area contributed by atoms with Gasteiger partial charge < -0.3 is 59.9 Å². The Morgan fingerprint density at radius 2 is 1.22 bits per heavy atom. The van der Waals surface area contributed by atoms with Crippen molar-refractivity contribution in [1.82, 2.24) is 0 Å². The smallest absolute Gasteiger partial charge is 0.115 e. The average molecular weight is 397 g/mol. The lowest BCUT2D eigenvalue weighted by molar-refractivity contribution is -0.316. The molecule has 0 aromatic heterocycles. The van der Waals surface area contributed by atoms with Gasteiger partial charge in [0.2, 0.25) is 0 Å². The highest BCUT2D eigenvalue weighted by Crippen LogP contribution is 2.30. The summed E-state index contributed by atoms with van der Waals surface area (Å²) in [6.07, 6.45) is -14.2. The van der Waals surface area contributed by atoms with E-state index < -0.39 is 86.8 Å². The molecule has 27 heavy (non-hydrogen) atoms. The molecule has 0 aliphatic carbocycles. The molecule has 0 saturated carbocycles. The third-order valence-electron chi connectivity index (χ3n) is 4.81. The monoisotopic (exact) mass is 397 g/mol. The van der Waals surface area contributed by atoms with Crippen molar-refractivity contribution >= 4 is 5.97 Å². The number of hydrogen-bond donors (Lipinski definition) is 7. The summed E-state index contributed by atoms with van der Waals surface area (Å²) >= 11 is 0. The zero-order valence-electron chi connectivity index (χ0n) is 14.3. The van der Waals surface area contributed by atoms with Crippen LogP contribution in [0.2, 0.25) is 0 Å². The zero-order valence-corrected chi connectivity index (χ0v) is 14.3. The summed E-state index contributed by atoms with van der Waals surface area (Å²) in [5, 5.41) is 79.3. The van der Waals surface area contributed by atoms with E-state index in [9.17, 15) is 45.6 Å². The van der Waals surface area contributed by atoms with Crippen molar-refractivity contribution < 1.29 is 59.9 Å². The quantitative estimate of drug-likeness (QED) is 0.214. The van der Waals surface area contributed by atoms with Crippen molar-refractivity contribution in [2.45, 2.75) is 67.5 Å². The number of aliphatic carboxylic acids is 1. The van der Waals surface area contributed by atoms with E-state index in [4.69, 9.17) is 14.2 Å². The van der Waals surface area contributed by atoms with Crippen molar-refractivity contribution in [1.29, 1.82) is 0 Å². The van der Waals surface area contributed by atoms with E-state index in [1.165, 1.54) is 0 Å². The minimum atomic E-state index is -1.62. The van der Waals surface area contributed by atoms with Crippen LogP contribution in [-0.4, -0.2) is 123 Å². The maximum Gasteiger partial charge on any atom is 0.115 e. The van der Waals surface area contributed by atoms with E-state index in [0.717, 1.165) is 0 Å². The highest BCUT2D eigenvalue weighted by atomic mass is 16.6.